The van der Waals surface area contributed by atoms with Gasteiger partial charge >= 0.3 is 0 Å². The summed E-state index contributed by atoms with van der Waals surface area (Å²) >= 11 is 0. The van der Waals surface area contributed by atoms with Gasteiger partial charge in [0.05, 0.1) is 5.60 Å². The van der Waals surface area contributed by atoms with Crippen molar-refractivity contribution in [1.82, 2.24) is 5.32 Å². The molecule has 0 aromatic carbocycles. The van der Waals surface area contributed by atoms with Gasteiger partial charge in [0, 0.05) is 25.6 Å². The van der Waals surface area contributed by atoms with Crippen molar-refractivity contribution in [3.05, 3.63) is 0 Å². The molecule has 1 aliphatic rings. The van der Waals surface area contributed by atoms with E-state index in [4.69, 9.17) is 15.7 Å². The Morgan fingerprint density at radius 3 is 3.00 bits per heavy atom. The fourth-order valence-electron chi connectivity index (χ4n) is 1.79. The minimum Gasteiger partial charge on any atom is -0.409 e. The molecule has 0 bridgehead atoms. The average Bonchev–Trinajstić information content (AvgIpc) is 2.63. The van der Waals surface area contributed by atoms with E-state index >= 15 is 0 Å². The normalized spacial score (nSPS) is 29.3. The van der Waals surface area contributed by atoms with Crippen LogP contribution in [0.2, 0.25) is 0 Å². The van der Waals surface area contributed by atoms with Crippen LogP contribution in [0.25, 0.3) is 0 Å². The van der Waals surface area contributed by atoms with E-state index in [9.17, 15) is 0 Å². The van der Waals surface area contributed by atoms with Crippen molar-refractivity contribution in [3.63, 3.8) is 0 Å². The lowest BCUT2D eigenvalue weighted by Gasteiger charge is -2.25. The van der Waals surface area contributed by atoms with Crippen molar-refractivity contribution in [2.24, 2.45) is 10.9 Å². The molecule has 0 amide bonds. The third-order valence-electron chi connectivity index (χ3n) is 2.77. The number of nitrogens with one attached hydrogen (secondary N) is 1. The van der Waals surface area contributed by atoms with Crippen LogP contribution >= 0.6 is 0 Å². The molecule has 1 rings (SSSR count). The van der Waals surface area contributed by atoms with Crippen LogP contribution in [0, 0.1) is 0 Å². The molecule has 5 heteroatoms. The zero-order chi connectivity index (χ0) is 11.3. The quantitative estimate of drug-likeness (QED) is 0.272. The highest BCUT2D eigenvalue weighted by Gasteiger charge is 2.29. The minimum absolute atomic E-state index is 0.0423. The minimum atomic E-state index is -0.0423. The molecule has 1 saturated heterocycles. The summed E-state index contributed by atoms with van der Waals surface area (Å²) in [5.74, 6) is 0.257. The second-order valence-corrected chi connectivity index (χ2v) is 4.48. The molecule has 0 aromatic heterocycles. The van der Waals surface area contributed by atoms with Crippen molar-refractivity contribution >= 4 is 5.84 Å². The molecule has 0 saturated carbocycles. The van der Waals surface area contributed by atoms with Gasteiger partial charge in [0.2, 0.25) is 0 Å². The van der Waals surface area contributed by atoms with Crippen LogP contribution in [-0.2, 0) is 4.74 Å². The summed E-state index contributed by atoms with van der Waals surface area (Å²) in [6, 6.07) is 0.196. The number of oxime groups is 1. The van der Waals surface area contributed by atoms with Crippen LogP contribution in [0.1, 0.15) is 33.1 Å². The van der Waals surface area contributed by atoms with E-state index in [-0.39, 0.29) is 17.5 Å². The summed E-state index contributed by atoms with van der Waals surface area (Å²) in [7, 11) is 0. The zero-order valence-corrected chi connectivity index (χ0v) is 9.49. The van der Waals surface area contributed by atoms with Gasteiger partial charge in [-0.3, -0.25) is 0 Å². The van der Waals surface area contributed by atoms with Gasteiger partial charge in [-0.2, -0.15) is 0 Å². The van der Waals surface area contributed by atoms with E-state index in [0.29, 0.717) is 6.42 Å². The van der Waals surface area contributed by atoms with Gasteiger partial charge in [0.15, 0.2) is 0 Å². The molecular formula is C10H21N3O2. The van der Waals surface area contributed by atoms with Gasteiger partial charge < -0.3 is 21.0 Å². The predicted octanol–water partition coefficient (Wildman–Crippen LogP) is 0.670. The summed E-state index contributed by atoms with van der Waals surface area (Å²) in [5.41, 5.74) is 5.38. The average molecular weight is 215 g/mol. The van der Waals surface area contributed by atoms with Crippen LogP contribution in [0.5, 0.6) is 0 Å². The first kappa shape index (κ1) is 12.3. The molecule has 5 nitrogen and oxygen atoms in total. The molecule has 0 aliphatic carbocycles. The van der Waals surface area contributed by atoms with E-state index in [1.807, 2.05) is 6.92 Å². The fraction of sp³-hybridized carbons (Fsp3) is 0.900. The second kappa shape index (κ2) is 5.32. The lowest BCUT2D eigenvalue weighted by Crippen LogP contribution is -2.42. The third-order valence-corrected chi connectivity index (χ3v) is 2.77. The number of nitrogens with two attached hydrogens (primary N) is 1. The molecule has 4 N–H and O–H groups in total. The number of rotatable bonds is 5. The summed E-state index contributed by atoms with van der Waals surface area (Å²) in [6.45, 7) is 5.79. The summed E-state index contributed by atoms with van der Waals surface area (Å²) < 4.78 is 5.65. The molecule has 0 aromatic rings. The van der Waals surface area contributed by atoms with Crippen molar-refractivity contribution in [2.75, 3.05) is 13.2 Å². The van der Waals surface area contributed by atoms with Gasteiger partial charge in [0.1, 0.15) is 5.84 Å². The molecule has 1 fully saturated rings. The van der Waals surface area contributed by atoms with E-state index in [1.54, 1.807) is 0 Å². The Bertz CT molecular complexity index is 225. The first-order valence-electron chi connectivity index (χ1n) is 5.39. The van der Waals surface area contributed by atoms with Crippen molar-refractivity contribution in [1.29, 1.82) is 0 Å². The molecule has 0 radical (unpaired) electrons. The van der Waals surface area contributed by atoms with Crippen LogP contribution in [0.4, 0.5) is 0 Å². The molecule has 2 atom stereocenters. The van der Waals surface area contributed by atoms with E-state index < -0.39 is 0 Å². The summed E-state index contributed by atoms with van der Waals surface area (Å²) in [5, 5.41) is 14.7. The largest absolute Gasteiger partial charge is 0.409 e. The van der Waals surface area contributed by atoms with Gasteiger partial charge in [-0.15, -0.1) is 0 Å². The molecule has 2 unspecified atom stereocenters. The first-order valence-corrected chi connectivity index (χ1v) is 5.39. The summed E-state index contributed by atoms with van der Waals surface area (Å²) in [4.78, 5) is 0. The lowest BCUT2D eigenvalue weighted by atomic mass is 10.0. The fourth-order valence-corrected chi connectivity index (χ4v) is 1.79. The molecular weight excluding hydrogens is 194 g/mol. The highest BCUT2D eigenvalue weighted by molar-refractivity contribution is 5.80. The van der Waals surface area contributed by atoms with Crippen molar-refractivity contribution in [3.8, 4) is 0 Å². The Morgan fingerprint density at radius 1 is 1.73 bits per heavy atom. The van der Waals surface area contributed by atoms with E-state index in [1.165, 1.54) is 0 Å². The zero-order valence-electron chi connectivity index (χ0n) is 9.49. The third kappa shape index (κ3) is 4.05. The Labute approximate surface area is 90.7 Å². The number of hydrogen-bond acceptors (Lipinski definition) is 4. The molecule has 1 aliphatic heterocycles. The van der Waals surface area contributed by atoms with Crippen molar-refractivity contribution in [2.45, 2.75) is 44.8 Å². The van der Waals surface area contributed by atoms with Crippen molar-refractivity contribution < 1.29 is 9.94 Å². The smallest absolute Gasteiger partial charge is 0.140 e. The standard InChI is InChI=1S/C10H21N3O2/c1-8(6-9(11)13-14)12-7-10(2)4-3-5-15-10/h8,12,14H,3-7H2,1-2H3,(H2,11,13). The number of amidine groups is 1. The van der Waals surface area contributed by atoms with E-state index in [2.05, 4.69) is 17.4 Å². The summed E-state index contributed by atoms with van der Waals surface area (Å²) in [6.07, 6.45) is 2.77. The molecule has 0 spiro atoms. The Balaban J connectivity index is 2.24. The topological polar surface area (TPSA) is 79.9 Å². The van der Waals surface area contributed by atoms with Crippen LogP contribution in [0.15, 0.2) is 5.16 Å². The maximum absolute atomic E-state index is 8.42. The van der Waals surface area contributed by atoms with Gasteiger partial charge in [-0.25, -0.2) is 0 Å². The van der Waals surface area contributed by atoms with Gasteiger partial charge in [0.25, 0.3) is 0 Å². The SMILES string of the molecule is CC(CC(N)=NO)NCC1(C)CCCO1. The second-order valence-electron chi connectivity index (χ2n) is 4.48. The highest BCUT2D eigenvalue weighted by Crippen LogP contribution is 2.24. The number of nitrogens with zero attached hydrogens (tertiary/aromatic N) is 1. The first-order chi connectivity index (χ1) is 7.06. The van der Waals surface area contributed by atoms with Crippen LogP contribution in [-0.4, -0.2) is 35.8 Å². The predicted molar refractivity (Wildman–Crippen MR) is 59.1 cm³/mol. The monoisotopic (exact) mass is 215 g/mol. The van der Waals surface area contributed by atoms with E-state index in [0.717, 1.165) is 26.0 Å². The Hall–Kier alpha value is -0.810. The lowest BCUT2D eigenvalue weighted by molar-refractivity contribution is 0.0193. The maximum atomic E-state index is 8.42. The van der Waals surface area contributed by atoms with Crippen LogP contribution < -0.4 is 11.1 Å². The Kier molecular flexibility index (Phi) is 4.35. The Morgan fingerprint density at radius 2 is 2.47 bits per heavy atom. The maximum Gasteiger partial charge on any atom is 0.140 e. The molecule has 1 heterocycles. The van der Waals surface area contributed by atoms with Gasteiger partial charge in [-0.05, 0) is 26.7 Å². The highest BCUT2D eigenvalue weighted by atomic mass is 16.5. The molecule has 88 valence electrons. The number of hydrogen-bond donors (Lipinski definition) is 3. The van der Waals surface area contributed by atoms with Gasteiger partial charge in [-0.1, -0.05) is 5.16 Å². The molecule has 15 heavy (non-hydrogen) atoms. The van der Waals surface area contributed by atoms with Crippen LogP contribution in [0.3, 0.4) is 0 Å². The number of ether oxygens (including phenoxy) is 1.